The third-order valence-electron chi connectivity index (χ3n) is 5.38. The van der Waals surface area contributed by atoms with Crippen LogP contribution in [0.4, 0.5) is 0 Å². The topological polar surface area (TPSA) is 102 Å². The number of ether oxygens (including phenoxy) is 1. The van der Waals surface area contributed by atoms with Crippen molar-refractivity contribution in [3.8, 4) is 5.75 Å². The van der Waals surface area contributed by atoms with Crippen LogP contribution >= 0.6 is 12.4 Å². The van der Waals surface area contributed by atoms with Gasteiger partial charge in [-0.15, -0.1) is 12.4 Å². The second kappa shape index (κ2) is 9.91. The summed E-state index contributed by atoms with van der Waals surface area (Å²) < 4.78 is 32.9. The van der Waals surface area contributed by atoms with E-state index in [2.05, 4.69) is 5.32 Å². The number of nitrogens with two attached hydrogens (primary N) is 1. The molecule has 1 saturated heterocycles. The number of benzene rings is 1. The van der Waals surface area contributed by atoms with Gasteiger partial charge in [-0.25, -0.2) is 8.42 Å². The van der Waals surface area contributed by atoms with Crippen molar-refractivity contribution in [3.63, 3.8) is 0 Å². The largest absolute Gasteiger partial charge is 0.496 e. The normalized spacial score (nSPS) is 19.2. The van der Waals surface area contributed by atoms with Gasteiger partial charge in [0.05, 0.1) is 17.6 Å². The molecule has 158 valence electrons. The Morgan fingerprint density at radius 3 is 2.43 bits per heavy atom. The van der Waals surface area contributed by atoms with E-state index in [0.29, 0.717) is 31.3 Å². The minimum absolute atomic E-state index is 0. The van der Waals surface area contributed by atoms with Crippen LogP contribution in [-0.4, -0.2) is 51.4 Å². The smallest absolute Gasteiger partial charge is 0.255 e. The minimum Gasteiger partial charge on any atom is -0.496 e. The first-order chi connectivity index (χ1) is 13.0. The van der Waals surface area contributed by atoms with Gasteiger partial charge in [-0.2, -0.15) is 4.31 Å². The van der Waals surface area contributed by atoms with E-state index in [1.165, 1.54) is 23.5 Å². The van der Waals surface area contributed by atoms with Crippen LogP contribution in [0, 0.1) is 5.92 Å². The van der Waals surface area contributed by atoms with Crippen LogP contribution in [0.1, 0.15) is 48.9 Å². The molecule has 1 aliphatic carbocycles. The average Bonchev–Trinajstić information content (AvgIpc) is 3.52. The molecule has 1 unspecified atom stereocenters. The van der Waals surface area contributed by atoms with Gasteiger partial charge >= 0.3 is 0 Å². The highest BCUT2D eigenvalue weighted by Gasteiger charge is 2.32. The number of hydrogen-bond acceptors (Lipinski definition) is 5. The molecular formula is C19H30ClN3O4S. The molecule has 1 aliphatic heterocycles. The lowest BCUT2D eigenvalue weighted by molar-refractivity contribution is 0.0930. The summed E-state index contributed by atoms with van der Waals surface area (Å²) in [7, 11) is -2.16. The third kappa shape index (κ3) is 5.17. The second-order valence-electron chi connectivity index (χ2n) is 7.33. The fourth-order valence-corrected chi connectivity index (χ4v) is 5.11. The summed E-state index contributed by atoms with van der Waals surface area (Å²) in [5.74, 6) is 0.421. The molecule has 0 bridgehead atoms. The van der Waals surface area contributed by atoms with Crippen LogP contribution in [0.15, 0.2) is 23.1 Å². The molecule has 9 heteroatoms. The monoisotopic (exact) mass is 431 g/mol. The Balaban J connectivity index is 0.00000280. The minimum atomic E-state index is -3.63. The van der Waals surface area contributed by atoms with Gasteiger partial charge in [0.25, 0.3) is 5.91 Å². The molecule has 0 aromatic heterocycles. The van der Waals surface area contributed by atoms with E-state index >= 15 is 0 Å². The Morgan fingerprint density at radius 2 is 1.89 bits per heavy atom. The number of amides is 1. The summed E-state index contributed by atoms with van der Waals surface area (Å²) >= 11 is 0. The molecule has 1 aromatic carbocycles. The van der Waals surface area contributed by atoms with Gasteiger partial charge in [-0.05, 0) is 49.8 Å². The van der Waals surface area contributed by atoms with Gasteiger partial charge in [0.2, 0.25) is 10.0 Å². The molecule has 1 atom stereocenters. The van der Waals surface area contributed by atoms with E-state index in [-0.39, 0.29) is 34.8 Å². The lowest BCUT2D eigenvalue weighted by atomic mass is 10.1. The van der Waals surface area contributed by atoms with Gasteiger partial charge in [0.15, 0.2) is 0 Å². The van der Waals surface area contributed by atoms with Crippen LogP contribution in [-0.2, 0) is 10.0 Å². The molecule has 0 radical (unpaired) electrons. The van der Waals surface area contributed by atoms with Gasteiger partial charge in [0, 0.05) is 25.7 Å². The summed E-state index contributed by atoms with van der Waals surface area (Å²) in [6.07, 6.45) is 5.93. The maximum atomic E-state index is 13.0. The van der Waals surface area contributed by atoms with Crippen LogP contribution in [0.25, 0.3) is 0 Å². The summed E-state index contributed by atoms with van der Waals surface area (Å²) in [6, 6.07) is 4.40. The van der Waals surface area contributed by atoms with Crippen LogP contribution in [0.2, 0.25) is 0 Å². The first-order valence-electron chi connectivity index (χ1n) is 9.66. The Kier molecular flexibility index (Phi) is 8.12. The number of sulfonamides is 1. The van der Waals surface area contributed by atoms with Gasteiger partial charge in [0.1, 0.15) is 5.75 Å². The zero-order valence-electron chi connectivity index (χ0n) is 16.2. The van der Waals surface area contributed by atoms with Crippen LogP contribution in [0.3, 0.4) is 0 Å². The first-order valence-corrected chi connectivity index (χ1v) is 11.1. The predicted octanol–water partition coefficient (Wildman–Crippen LogP) is 2.15. The van der Waals surface area contributed by atoms with E-state index in [1.54, 1.807) is 6.07 Å². The number of nitrogens with zero attached hydrogens (tertiary/aromatic N) is 1. The van der Waals surface area contributed by atoms with Crippen molar-refractivity contribution in [1.29, 1.82) is 0 Å². The zero-order valence-corrected chi connectivity index (χ0v) is 17.9. The number of hydrogen-bond donors (Lipinski definition) is 2. The number of methoxy groups -OCH3 is 1. The lowest BCUT2D eigenvalue weighted by Crippen LogP contribution is -2.42. The van der Waals surface area contributed by atoms with E-state index in [4.69, 9.17) is 10.5 Å². The highest BCUT2D eigenvalue weighted by molar-refractivity contribution is 7.89. The van der Waals surface area contributed by atoms with Crippen molar-refractivity contribution >= 4 is 28.3 Å². The maximum absolute atomic E-state index is 13.0. The van der Waals surface area contributed by atoms with E-state index < -0.39 is 10.0 Å². The molecule has 28 heavy (non-hydrogen) atoms. The van der Waals surface area contributed by atoms with Gasteiger partial charge < -0.3 is 15.8 Å². The van der Waals surface area contributed by atoms with Crippen molar-refractivity contribution in [2.45, 2.75) is 49.5 Å². The Labute approximate surface area is 173 Å². The Morgan fingerprint density at radius 1 is 1.25 bits per heavy atom. The van der Waals surface area contributed by atoms with E-state index in [0.717, 1.165) is 38.5 Å². The van der Waals surface area contributed by atoms with Gasteiger partial charge in [-0.3, -0.25) is 4.79 Å². The molecule has 7 nitrogen and oxygen atoms in total. The maximum Gasteiger partial charge on any atom is 0.255 e. The molecule has 0 spiro atoms. The number of carbonyl (C=O) groups is 1. The Bertz CT molecular complexity index is 775. The molecule has 3 N–H and O–H groups in total. The quantitative estimate of drug-likeness (QED) is 0.688. The standard InChI is InChI=1S/C19H29N3O4S.ClH/c1-26-18-9-8-15(27(24,25)22-10-4-2-3-5-11-22)12-16(18)19(23)21-17(13-20)14-6-7-14;/h8-9,12,14,17H,2-7,10-11,13,20H2,1H3,(H,21,23);1H. The summed E-state index contributed by atoms with van der Waals surface area (Å²) in [5.41, 5.74) is 6.00. The van der Waals surface area contributed by atoms with E-state index in [1.807, 2.05) is 0 Å². The molecule has 1 amide bonds. The number of halogens is 1. The van der Waals surface area contributed by atoms with Crippen molar-refractivity contribution < 1.29 is 17.9 Å². The summed E-state index contributed by atoms with van der Waals surface area (Å²) in [5, 5.41) is 2.94. The third-order valence-corrected chi connectivity index (χ3v) is 7.27. The fraction of sp³-hybridized carbons (Fsp3) is 0.632. The SMILES string of the molecule is COc1ccc(S(=O)(=O)N2CCCCCC2)cc1C(=O)NC(CN)C1CC1.Cl. The Hall–Kier alpha value is -1.35. The van der Waals surface area contributed by atoms with Crippen LogP contribution < -0.4 is 15.8 Å². The van der Waals surface area contributed by atoms with Crippen molar-refractivity contribution in [2.75, 3.05) is 26.7 Å². The highest BCUT2D eigenvalue weighted by atomic mass is 35.5. The van der Waals surface area contributed by atoms with E-state index in [9.17, 15) is 13.2 Å². The fourth-order valence-electron chi connectivity index (χ4n) is 3.57. The van der Waals surface area contributed by atoms with Crippen molar-refractivity contribution in [1.82, 2.24) is 9.62 Å². The molecule has 1 aromatic rings. The van der Waals surface area contributed by atoms with Crippen molar-refractivity contribution in [3.05, 3.63) is 23.8 Å². The molecule has 1 heterocycles. The zero-order chi connectivity index (χ0) is 19.4. The summed E-state index contributed by atoms with van der Waals surface area (Å²) in [6.45, 7) is 1.41. The molecule has 2 fully saturated rings. The molecule has 2 aliphatic rings. The van der Waals surface area contributed by atoms with Crippen LogP contribution in [0.5, 0.6) is 5.75 Å². The lowest BCUT2D eigenvalue weighted by Gasteiger charge is -2.21. The average molecular weight is 432 g/mol. The second-order valence-corrected chi connectivity index (χ2v) is 9.27. The van der Waals surface area contributed by atoms with Gasteiger partial charge in [-0.1, -0.05) is 12.8 Å². The molecule has 1 saturated carbocycles. The molecule has 3 rings (SSSR count). The number of nitrogens with one attached hydrogen (secondary N) is 1. The number of rotatable bonds is 7. The number of carbonyl (C=O) groups excluding carboxylic acids is 1. The summed E-state index contributed by atoms with van der Waals surface area (Å²) in [4.78, 5) is 12.9. The molecular weight excluding hydrogens is 402 g/mol. The highest BCUT2D eigenvalue weighted by Crippen LogP contribution is 2.33. The predicted molar refractivity (Wildman–Crippen MR) is 111 cm³/mol. The van der Waals surface area contributed by atoms with Crippen molar-refractivity contribution in [2.24, 2.45) is 11.7 Å². The first kappa shape index (κ1) is 22.9.